The predicted molar refractivity (Wildman–Crippen MR) is 76.4 cm³/mol. The van der Waals surface area contributed by atoms with Crippen molar-refractivity contribution in [2.75, 3.05) is 7.11 Å². The van der Waals surface area contributed by atoms with Gasteiger partial charge in [-0.3, -0.25) is 0 Å². The topological polar surface area (TPSA) is 21.3 Å². The highest BCUT2D eigenvalue weighted by atomic mass is 79.9. The maximum absolute atomic E-state index is 5.31. The van der Waals surface area contributed by atoms with Crippen LogP contribution in [-0.2, 0) is 11.2 Å². The van der Waals surface area contributed by atoms with E-state index < -0.39 is 0 Å². The van der Waals surface area contributed by atoms with E-state index in [-0.39, 0.29) is 6.10 Å². The van der Waals surface area contributed by atoms with Gasteiger partial charge in [-0.15, -0.1) is 0 Å². The van der Waals surface area contributed by atoms with Crippen molar-refractivity contribution >= 4 is 15.9 Å². The van der Waals surface area contributed by atoms with Gasteiger partial charge in [0.1, 0.15) is 0 Å². The van der Waals surface area contributed by atoms with E-state index in [9.17, 15) is 0 Å². The summed E-state index contributed by atoms with van der Waals surface area (Å²) in [6.07, 6.45) is 1.27. The van der Waals surface area contributed by atoms with E-state index in [4.69, 9.17) is 4.74 Å². The summed E-state index contributed by atoms with van der Waals surface area (Å²) >= 11 is 3.45. The van der Waals surface area contributed by atoms with Gasteiger partial charge in [0.15, 0.2) is 0 Å². The molecule has 0 spiro atoms. The van der Waals surface area contributed by atoms with Crippen LogP contribution in [0.3, 0.4) is 0 Å². The second-order valence-electron chi connectivity index (χ2n) is 4.63. The average Bonchev–Trinajstić information content (AvgIpc) is 2.30. The van der Waals surface area contributed by atoms with Crippen molar-refractivity contribution in [2.24, 2.45) is 0 Å². The third kappa shape index (κ3) is 5.19. The van der Waals surface area contributed by atoms with Gasteiger partial charge in [-0.25, -0.2) is 0 Å². The molecule has 3 heteroatoms. The third-order valence-electron chi connectivity index (χ3n) is 3.08. The van der Waals surface area contributed by atoms with Gasteiger partial charge in [0.25, 0.3) is 0 Å². The van der Waals surface area contributed by atoms with Gasteiger partial charge in [-0.2, -0.15) is 0 Å². The molecule has 0 fully saturated rings. The lowest BCUT2D eigenvalue weighted by atomic mass is 10.1. The molecule has 0 bridgehead atoms. The van der Waals surface area contributed by atoms with Crippen LogP contribution in [0.2, 0.25) is 0 Å². The highest BCUT2D eigenvalue weighted by Gasteiger charge is 2.13. The van der Waals surface area contributed by atoms with E-state index in [0.717, 1.165) is 10.9 Å². The Morgan fingerprint density at radius 2 is 1.76 bits per heavy atom. The summed E-state index contributed by atoms with van der Waals surface area (Å²) in [5.41, 5.74) is 1.35. The highest BCUT2D eigenvalue weighted by Crippen LogP contribution is 2.12. The molecule has 2 nitrogen and oxygen atoms in total. The number of methoxy groups -OCH3 is 1. The highest BCUT2D eigenvalue weighted by molar-refractivity contribution is 9.10. The molecule has 1 rings (SSSR count). The fourth-order valence-corrected chi connectivity index (χ4v) is 2.09. The molecule has 17 heavy (non-hydrogen) atoms. The fourth-order valence-electron chi connectivity index (χ4n) is 1.82. The monoisotopic (exact) mass is 299 g/mol. The molecular weight excluding hydrogens is 278 g/mol. The van der Waals surface area contributed by atoms with Crippen LogP contribution in [0.4, 0.5) is 0 Å². The first-order valence-corrected chi connectivity index (χ1v) is 6.85. The van der Waals surface area contributed by atoms with Crippen LogP contribution in [0.15, 0.2) is 28.7 Å². The lowest BCUT2D eigenvalue weighted by molar-refractivity contribution is 0.0852. The van der Waals surface area contributed by atoms with Crippen molar-refractivity contribution in [3.05, 3.63) is 34.3 Å². The second-order valence-corrected chi connectivity index (χ2v) is 5.54. The smallest absolute Gasteiger partial charge is 0.0693 e. The molecule has 0 radical (unpaired) electrons. The molecule has 0 amide bonds. The van der Waals surface area contributed by atoms with E-state index in [0.29, 0.717) is 12.1 Å². The van der Waals surface area contributed by atoms with Gasteiger partial charge in [0, 0.05) is 23.7 Å². The van der Waals surface area contributed by atoms with Gasteiger partial charge in [-0.1, -0.05) is 28.1 Å². The van der Waals surface area contributed by atoms with Crippen LogP contribution < -0.4 is 5.32 Å². The molecular formula is C14H22BrNO. The van der Waals surface area contributed by atoms with E-state index >= 15 is 0 Å². The first-order valence-electron chi connectivity index (χ1n) is 6.06. The molecule has 0 aliphatic heterocycles. The Kier molecular flexibility index (Phi) is 6.17. The molecule has 96 valence electrons. The number of hydrogen-bond donors (Lipinski definition) is 1. The normalized spacial score (nSPS) is 16.5. The number of rotatable bonds is 6. The number of hydrogen-bond acceptors (Lipinski definition) is 2. The van der Waals surface area contributed by atoms with Gasteiger partial charge >= 0.3 is 0 Å². The van der Waals surface area contributed by atoms with Crippen molar-refractivity contribution in [1.29, 1.82) is 0 Å². The summed E-state index contributed by atoms with van der Waals surface area (Å²) in [5.74, 6) is 0. The Balaban J connectivity index is 2.44. The van der Waals surface area contributed by atoms with E-state index in [2.05, 4.69) is 66.3 Å². The molecule has 0 aromatic heterocycles. The summed E-state index contributed by atoms with van der Waals surface area (Å²) in [6, 6.07) is 9.31. The molecule has 0 saturated carbocycles. The molecule has 1 aromatic rings. The van der Waals surface area contributed by atoms with Crippen LogP contribution in [0, 0.1) is 0 Å². The molecule has 0 aliphatic carbocycles. The molecule has 0 saturated heterocycles. The molecule has 1 aromatic carbocycles. The first kappa shape index (κ1) is 14.7. The van der Waals surface area contributed by atoms with Crippen molar-refractivity contribution in [3.8, 4) is 0 Å². The van der Waals surface area contributed by atoms with E-state index in [1.54, 1.807) is 7.11 Å². The lowest BCUT2D eigenvalue weighted by Gasteiger charge is -2.24. The van der Waals surface area contributed by atoms with E-state index in [1.807, 2.05) is 0 Å². The molecule has 3 atom stereocenters. The van der Waals surface area contributed by atoms with Crippen molar-refractivity contribution in [3.63, 3.8) is 0 Å². The van der Waals surface area contributed by atoms with Crippen LogP contribution in [0.5, 0.6) is 0 Å². The average molecular weight is 300 g/mol. The minimum atomic E-state index is 0.238. The van der Waals surface area contributed by atoms with Gasteiger partial charge in [0.05, 0.1) is 6.10 Å². The Labute approximate surface area is 113 Å². The minimum absolute atomic E-state index is 0.238. The summed E-state index contributed by atoms with van der Waals surface area (Å²) < 4.78 is 6.44. The van der Waals surface area contributed by atoms with Crippen LogP contribution in [0.25, 0.3) is 0 Å². The second kappa shape index (κ2) is 7.14. The standard InChI is InChI=1S/C14H22BrNO/c1-10(16-11(2)12(3)17-4)9-13-5-7-14(15)8-6-13/h5-8,10-12,16H,9H2,1-4H3. The molecule has 1 N–H and O–H groups in total. The summed E-state index contributed by atoms with van der Waals surface area (Å²) in [4.78, 5) is 0. The van der Waals surface area contributed by atoms with Crippen molar-refractivity contribution < 1.29 is 4.74 Å². The van der Waals surface area contributed by atoms with Gasteiger partial charge in [-0.05, 0) is 44.9 Å². The SMILES string of the molecule is COC(C)C(C)NC(C)Cc1ccc(Br)cc1. The van der Waals surface area contributed by atoms with E-state index in [1.165, 1.54) is 5.56 Å². The zero-order valence-electron chi connectivity index (χ0n) is 11.0. The number of nitrogens with one attached hydrogen (secondary N) is 1. The Morgan fingerprint density at radius 1 is 1.18 bits per heavy atom. The maximum atomic E-state index is 5.31. The van der Waals surface area contributed by atoms with Crippen LogP contribution in [0.1, 0.15) is 26.3 Å². The summed E-state index contributed by atoms with van der Waals surface area (Å²) in [7, 11) is 1.75. The van der Waals surface area contributed by atoms with Crippen LogP contribution in [-0.4, -0.2) is 25.3 Å². The largest absolute Gasteiger partial charge is 0.380 e. The Hall–Kier alpha value is -0.380. The Morgan fingerprint density at radius 3 is 2.29 bits per heavy atom. The van der Waals surface area contributed by atoms with Gasteiger partial charge in [0.2, 0.25) is 0 Å². The van der Waals surface area contributed by atoms with Crippen LogP contribution >= 0.6 is 15.9 Å². The maximum Gasteiger partial charge on any atom is 0.0693 e. The number of ether oxygens (including phenoxy) is 1. The quantitative estimate of drug-likeness (QED) is 0.869. The first-order chi connectivity index (χ1) is 8.02. The third-order valence-corrected chi connectivity index (χ3v) is 3.61. The summed E-state index contributed by atoms with van der Waals surface area (Å²) in [6.45, 7) is 6.46. The van der Waals surface area contributed by atoms with Crippen molar-refractivity contribution in [2.45, 2.75) is 45.4 Å². The molecule has 0 heterocycles. The predicted octanol–water partition coefficient (Wildman–Crippen LogP) is 3.39. The molecule has 0 aliphatic rings. The Bertz CT molecular complexity index is 325. The fraction of sp³-hybridized carbons (Fsp3) is 0.571. The summed E-state index contributed by atoms with van der Waals surface area (Å²) in [5, 5.41) is 3.56. The zero-order chi connectivity index (χ0) is 12.8. The van der Waals surface area contributed by atoms with Crippen molar-refractivity contribution in [1.82, 2.24) is 5.32 Å². The van der Waals surface area contributed by atoms with Gasteiger partial charge < -0.3 is 10.1 Å². The number of benzene rings is 1. The minimum Gasteiger partial charge on any atom is -0.380 e. The zero-order valence-corrected chi connectivity index (χ0v) is 12.6. The number of halogens is 1. The lowest BCUT2D eigenvalue weighted by Crippen LogP contribution is -2.42. The molecule has 3 unspecified atom stereocenters.